The van der Waals surface area contributed by atoms with E-state index >= 15 is 0 Å². The van der Waals surface area contributed by atoms with E-state index < -0.39 is 36.3 Å². The summed E-state index contributed by atoms with van der Waals surface area (Å²) in [5.74, 6) is 0.759. The minimum atomic E-state index is -1.31. The molecule has 8 heteroatoms. The molecule has 4 aliphatic carbocycles. The van der Waals surface area contributed by atoms with Crippen molar-refractivity contribution in [2.75, 3.05) is 0 Å². The normalized spacial score (nSPS) is 50.5. The van der Waals surface area contributed by atoms with Crippen LogP contribution in [0.1, 0.15) is 83.6 Å². The van der Waals surface area contributed by atoms with Crippen molar-refractivity contribution >= 4 is 0 Å². The maximum Gasteiger partial charge on any atom is 0.335 e. The predicted octanol–water partition coefficient (Wildman–Crippen LogP) is 3.01. The molecule has 8 nitrogen and oxygen atoms in total. The van der Waals surface area contributed by atoms with E-state index in [1.54, 1.807) is 13.2 Å². The lowest BCUT2D eigenvalue weighted by atomic mass is 9.45. The summed E-state index contributed by atoms with van der Waals surface area (Å²) in [6.07, 6.45) is 5.32. The summed E-state index contributed by atoms with van der Waals surface area (Å²) in [7, 11) is 0. The molecule has 5 aliphatic rings. The van der Waals surface area contributed by atoms with Crippen molar-refractivity contribution in [3.05, 3.63) is 46.0 Å². The molecule has 1 aliphatic heterocycles. The largest absolute Gasteiger partial charge is 0.431 e. The molecule has 1 aromatic heterocycles. The standard InChI is InChI=1S/C30H42O8/c1-16-24(32)25(33)26(34)27(37-16)38-19-8-11-28(2)18(14-19)5-6-22-21(28)9-12-29(3)20(10-13-30(22,29)35)17-4-7-23(31)36-15-17/h4,7,14-16,19-22,24-27,32-35H,5-6,8-13H2,1-3H3/t16-,19+,20-,21-,22+,24-,25-,26-,27-,28-,29+,30+/m0/s1. The van der Waals surface area contributed by atoms with Crippen LogP contribution in [0, 0.1) is 22.7 Å². The number of ether oxygens (including phenoxy) is 2. The highest BCUT2D eigenvalue weighted by atomic mass is 16.7. The molecule has 12 atom stereocenters. The van der Waals surface area contributed by atoms with Gasteiger partial charge in [0.05, 0.1) is 24.1 Å². The third-order valence-electron chi connectivity index (χ3n) is 11.5. The number of allylic oxidation sites excluding steroid dienone is 1. The molecule has 0 amide bonds. The maximum atomic E-state index is 12.4. The SMILES string of the molecule is C[C@@H]1O[C@@H](O[C@H]2C=C3CC[C@@H]4[C@H](CC[C@]5(C)[C@H](c6ccc(=O)oc6)CC[C@@]45O)[C@@]3(C)CC2)[C@@H](O)[C@@H](O)[C@H]1O. The first kappa shape index (κ1) is 26.7. The highest BCUT2D eigenvalue weighted by Crippen LogP contribution is 2.70. The molecular weight excluding hydrogens is 488 g/mol. The van der Waals surface area contributed by atoms with Gasteiger partial charge in [-0.1, -0.05) is 25.5 Å². The summed E-state index contributed by atoms with van der Waals surface area (Å²) < 4.78 is 17.0. The van der Waals surface area contributed by atoms with Crippen LogP contribution in [0.15, 0.2) is 39.3 Å². The van der Waals surface area contributed by atoms with Gasteiger partial charge in [0.25, 0.3) is 0 Å². The molecule has 38 heavy (non-hydrogen) atoms. The Morgan fingerprint density at radius 3 is 2.47 bits per heavy atom. The van der Waals surface area contributed by atoms with Crippen LogP contribution in [0.2, 0.25) is 0 Å². The first-order chi connectivity index (χ1) is 18.0. The predicted molar refractivity (Wildman–Crippen MR) is 138 cm³/mol. The highest BCUT2D eigenvalue weighted by molar-refractivity contribution is 5.31. The fourth-order valence-electron chi connectivity index (χ4n) is 9.17. The van der Waals surface area contributed by atoms with E-state index in [-0.39, 0.29) is 34.4 Å². The number of fused-ring (bicyclic) bond motifs is 5. The van der Waals surface area contributed by atoms with Gasteiger partial charge in [-0.05, 0) is 93.1 Å². The molecule has 0 aromatic carbocycles. The molecule has 210 valence electrons. The fourth-order valence-corrected chi connectivity index (χ4v) is 9.17. The summed E-state index contributed by atoms with van der Waals surface area (Å²) in [5.41, 5.74) is 0.991. The third kappa shape index (κ3) is 3.82. The average molecular weight is 531 g/mol. The van der Waals surface area contributed by atoms with Crippen LogP contribution < -0.4 is 5.63 Å². The van der Waals surface area contributed by atoms with Gasteiger partial charge in [0, 0.05) is 11.5 Å². The molecule has 2 heterocycles. The van der Waals surface area contributed by atoms with E-state index in [1.807, 2.05) is 6.07 Å². The van der Waals surface area contributed by atoms with Gasteiger partial charge < -0.3 is 34.3 Å². The molecule has 4 fully saturated rings. The minimum absolute atomic E-state index is 0.0213. The Hall–Kier alpha value is -1.55. The van der Waals surface area contributed by atoms with Crippen LogP contribution in [-0.4, -0.2) is 62.8 Å². The van der Waals surface area contributed by atoms with Crippen LogP contribution in [-0.2, 0) is 9.47 Å². The zero-order valence-corrected chi connectivity index (χ0v) is 22.6. The van der Waals surface area contributed by atoms with Gasteiger partial charge in [-0.3, -0.25) is 0 Å². The monoisotopic (exact) mass is 530 g/mol. The van der Waals surface area contributed by atoms with Crippen LogP contribution in [0.25, 0.3) is 0 Å². The van der Waals surface area contributed by atoms with Crippen molar-refractivity contribution in [1.29, 1.82) is 0 Å². The lowest BCUT2D eigenvalue weighted by molar-refractivity contribution is -0.301. The summed E-state index contributed by atoms with van der Waals surface area (Å²) in [4.78, 5) is 11.5. The first-order valence-electron chi connectivity index (χ1n) is 14.4. The number of rotatable bonds is 3. The average Bonchev–Trinajstić information content (AvgIpc) is 3.18. The van der Waals surface area contributed by atoms with Gasteiger partial charge in [-0.25, -0.2) is 4.79 Å². The van der Waals surface area contributed by atoms with E-state index in [4.69, 9.17) is 13.9 Å². The second-order valence-corrected chi connectivity index (χ2v) is 13.1. The van der Waals surface area contributed by atoms with Crippen LogP contribution >= 0.6 is 0 Å². The lowest BCUT2D eigenvalue weighted by Crippen LogP contribution is -2.60. The highest BCUT2D eigenvalue weighted by Gasteiger charge is 2.66. The van der Waals surface area contributed by atoms with Crippen molar-refractivity contribution in [2.24, 2.45) is 22.7 Å². The second-order valence-electron chi connectivity index (χ2n) is 13.1. The van der Waals surface area contributed by atoms with Gasteiger partial charge in [0.1, 0.15) is 18.3 Å². The van der Waals surface area contributed by atoms with Gasteiger partial charge >= 0.3 is 5.63 Å². The van der Waals surface area contributed by atoms with Crippen molar-refractivity contribution in [2.45, 2.75) is 120 Å². The molecular formula is C30H42O8. The second kappa shape index (κ2) is 9.25. The number of hydrogen-bond donors (Lipinski definition) is 4. The quantitative estimate of drug-likeness (QED) is 0.439. The van der Waals surface area contributed by atoms with Crippen LogP contribution in [0.3, 0.4) is 0 Å². The van der Waals surface area contributed by atoms with E-state index in [9.17, 15) is 25.2 Å². The molecule has 1 aromatic rings. The lowest BCUT2D eigenvalue weighted by Gasteiger charge is -2.62. The van der Waals surface area contributed by atoms with Crippen molar-refractivity contribution in [1.82, 2.24) is 0 Å². The van der Waals surface area contributed by atoms with E-state index in [0.29, 0.717) is 5.92 Å². The molecule has 6 rings (SSSR count). The molecule has 1 saturated heterocycles. The molecule has 3 saturated carbocycles. The fraction of sp³-hybridized carbons (Fsp3) is 0.767. The Balaban J connectivity index is 1.21. The Bertz CT molecular complexity index is 1130. The van der Waals surface area contributed by atoms with Gasteiger partial charge in [-0.15, -0.1) is 0 Å². The molecule has 0 radical (unpaired) electrons. The first-order valence-corrected chi connectivity index (χ1v) is 14.4. The number of aliphatic hydroxyl groups is 4. The topological polar surface area (TPSA) is 130 Å². The summed E-state index contributed by atoms with van der Waals surface area (Å²) in [6, 6.07) is 3.36. The number of aliphatic hydroxyl groups excluding tert-OH is 3. The van der Waals surface area contributed by atoms with E-state index in [0.717, 1.165) is 56.9 Å². The minimum Gasteiger partial charge on any atom is -0.431 e. The van der Waals surface area contributed by atoms with Gasteiger partial charge in [-0.2, -0.15) is 0 Å². The zero-order chi connectivity index (χ0) is 27.0. The third-order valence-corrected chi connectivity index (χ3v) is 11.5. The molecule has 0 bridgehead atoms. The van der Waals surface area contributed by atoms with Crippen molar-refractivity contribution in [3.8, 4) is 0 Å². The Kier molecular flexibility index (Phi) is 6.49. The molecule has 4 N–H and O–H groups in total. The van der Waals surface area contributed by atoms with Crippen LogP contribution in [0.4, 0.5) is 0 Å². The van der Waals surface area contributed by atoms with Gasteiger partial charge in [0.2, 0.25) is 0 Å². The Morgan fingerprint density at radius 2 is 1.74 bits per heavy atom. The Morgan fingerprint density at radius 1 is 0.947 bits per heavy atom. The number of hydrogen-bond acceptors (Lipinski definition) is 8. The summed E-state index contributed by atoms with van der Waals surface area (Å²) in [6.45, 7) is 6.26. The van der Waals surface area contributed by atoms with Crippen LogP contribution in [0.5, 0.6) is 0 Å². The molecule has 0 unspecified atom stereocenters. The van der Waals surface area contributed by atoms with Crippen molar-refractivity contribution < 1.29 is 34.3 Å². The zero-order valence-electron chi connectivity index (χ0n) is 22.6. The maximum absolute atomic E-state index is 12.4. The smallest absolute Gasteiger partial charge is 0.335 e. The summed E-state index contributed by atoms with van der Waals surface area (Å²) >= 11 is 0. The molecule has 0 spiro atoms. The van der Waals surface area contributed by atoms with Crippen molar-refractivity contribution in [3.63, 3.8) is 0 Å². The summed E-state index contributed by atoms with van der Waals surface area (Å²) in [5, 5.41) is 43.0. The van der Waals surface area contributed by atoms with Gasteiger partial charge in [0.15, 0.2) is 6.29 Å². The Labute approximate surface area is 223 Å². The van der Waals surface area contributed by atoms with E-state index in [1.165, 1.54) is 11.6 Å². The van der Waals surface area contributed by atoms with E-state index in [2.05, 4.69) is 19.9 Å².